The number of nitrogens with two attached hydrogens (primary N) is 2. The minimum atomic E-state index is -0.589. The van der Waals surface area contributed by atoms with E-state index in [0.29, 0.717) is 5.69 Å². The molecule has 0 amide bonds. The molecule has 0 atom stereocenters. The lowest BCUT2D eigenvalue weighted by Crippen LogP contribution is -2.25. The molecular weight excluding hydrogens is 219 g/mol. The van der Waals surface area contributed by atoms with Crippen LogP contribution in [0.15, 0.2) is 30.1 Å². The van der Waals surface area contributed by atoms with E-state index in [2.05, 4.69) is 0 Å². The van der Waals surface area contributed by atoms with Gasteiger partial charge in [0.1, 0.15) is 17.6 Å². The largest absolute Gasteiger partial charge is 0.389 e. The highest BCUT2D eigenvalue weighted by atomic mass is 35.5. The lowest BCUT2D eigenvalue weighted by Gasteiger charge is -2.13. The minimum Gasteiger partial charge on any atom is -0.389 e. The van der Waals surface area contributed by atoms with Crippen molar-refractivity contribution in [3.05, 3.63) is 40.9 Å². The minimum absolute atomic E-state index is 0.00406. The van der Waals surface area contributed by atoms with Crippen molar-refractivity contribution in [1.29, 1.82) is 5.26 Å². The van der Waals surface area contributed by atoms with Gasteiger partial charge in [-0.25, -0.2) is 10.2 Å². The second kappa shape index (κ2) is 4.64. The Morgan fingerprint density at radius 3 is 2.80 bits per heavy atom. The van der Waals surface area contributed by atoms with Crippen LogP contribution in [0.5, 0.6) is 0 Å². The van der Waals surface area contributed by atoms with Crippen molar-refractivity contribution in [2.45, 2.75) is 0 Å². The molecular formula is C9H8ClFN4. The van der Waals surface area contributed by atoms with Crippen molar-refractivity contribution in [1.82, 2.24) is 0 Å². The lowest BCUT2D eigenvalue weighted by molar-refractivity contribution is 0.628. The molecule has 4 N–H and O–H groups in total. The quantitative estimate of drug-likeness (QED) is 0.455. The van der Waals surface area contributed by atoms with Crippen molar-refractivity contribution >= 4 is 17.3 Å². The Bertz CT molecular complexity index is 438. The van der Waals surface area contributed by atoms with Crippen LogP contribution in [-0.2, 0) is 0 Å². The SMILES string of the molecule is N#C/C(N)=C/N(N)c1ccc(Cl)c(F)c1. The van der Waals surface area contributed by atoms with E-state index in [9.17, 15) is 4.39 Å². The van der Waals surface area contributed by atoms with Crippen LogP contribution >= 0.6 is 11.6 Å². The second-order valence-corrected chi connectivity index (χ2v) is 3.11. The molecule has 0 radical (unpaired) electrons. The first-order valence-electron chi connectivity index (χ1n) is 3.91. The molecule has 0 heterocycles. The van der Waals surface area contributed by atoms with E-state index in [1.165, 1.54) is 18.3 Å². The van der Waals surface area contributed by atoms with Crippen LogP contribution in [0.1, 0.15) is 0 Å². The van der Waals surface area contributed by atoms with Gasteiger partial charge in [-0.15, -0.1) is 0 Å². The van der Waals surface area contributed by atoms with Gasteiger partial charge in [0.2, 0.25) is 0 Å². The number of hydrazine groups is 1. The van der Waals surface area contributed by atoms with E-state index >= 15 is 0 Å². The topological polar surface area (TPSA) is 79.1 Å². The number of anilines is 1. The zero-order chi connectivity index (χ0) is 11.4. The van der Waals surface area contributed by atoms with Crippen molar-refractivity contribution < 1.29 is 4.39 Å². The molecule has 0 fully saturated rings. The Balaban J connectivity index is 2.98. The molecule has 0 aliphatic rings. The highest BCUT2D eigenvalue weighted by molar-refractivity contribution is 6.30. The van der Waals surface area contributed by atoms with E-state index in [0.717, 1.165) is 11.1 Å². The fraction of sp³-hybridized carbons (Fsp3) is 0. The van der Waals surface area contributed by atoms with Crippen LogP contribution in [0.2, 0.25) is 5.02 Å². The van der Waals surface area contributed by atoms with E-state index < -0.39 is 5.82 Å². The predicted molar refractivity (Wildman–Crippen MR) is 56.0 cm³/mol. The number of nitriles is 1. The number of rotatable bonds is 2. The van der Waals surface area contributed by atoms with Crippen LogP contribution in [0.3, 0.4) is 0 Å². The number of hydrogen-bond acceptors (Lipinski definition) is 4. The smallest absolute Gasteiger partial charge is 0.143 e. The molecule has 1 rings (SSSR count). The van der Waals surface area contributed by atoms with Gasteiger partial charge in [0.25, 0.3) is 0 Å². The third-order valence-electron chi connectivity index (χ3n) is 1.61. The third kappa shape index (κ3) is 2.84. The van der Waals surface area contributed by atoms with Gasteiger partial charge in [-0.05, 0) is 12.1 Å². The third-order valence-corrected chi connectivity index (χ3v) is 1.92. The normalized spacial score (nSPS) is 10.9. The Morgan fingerprint density at radius 1 is 1.60 bits per heavy atom. The molecule has 78 valence electrons. The van der Waals surface area contributed by atoms with Crippen LogP contribution in [0.4, 0.5) is 10.1 Å². The van der Waals surface area contributed by atoms with Gasteiger partial charge in [0, 0.05) is 6.07 Å². The second-order valence-electron chi connectivity index (χ2n) is 2.70. The summed E-state index contributed by atoms with van der Waals surface area (Å²) in [6.07, 6.45) is 1.18. The van der Waals surface area contributed by atoms with Crippen LogP contribution in [0, 0.1) is 17.1 Å². The first kappa shape index (κ1) is 11.3. The van der Waals surface area contributed by atoms with Gasteiger partial charge in [0.15, 0.2) is 0 Å². The van der Waals surface area contributed by atoms with Gasteiger partial charge >= 0.3 is 0 Å². The summed E-state index contributed by atoms with van der Waals surface area (Å²) in [5.74, 6) is 4.92. The monoisotopic (exact) mass is 226 g/mol. The van der Waals surface area contributed by atoms with Gasteiger partial charge in [-0.1, -0.05) is 11.6 Å². The van der Waals surface area contributed by atoms with Crippen molar-refractivity contribution in [2.75, 3.05) is 5.01 Å². The lowest BCUT2D eigenvalue weighted by atomic mass is 10.3. The molecule has 1 aromatic rings. The Labute approximate surface area is 91.1 Å². The number of halogens is 2. The maximum Gasteiger partial charge on any atom is 0.143 e. The van der Waals surface area contributed by atoms with E-state index in [1.807, 2.05) is 0 Å². The van der Waals surface area contributed by atoms with Gasteiger partial charge < -0.3 is 5.73 Å². The highest BCUT2D eigenvalue weighted by Crippen LogP contribution is 2.20. The van der Waals surface area contributed by atoms with Crippen LogP contribution in [-0.4, -0.2) is 0 Å². The fourth-order valence-corrected chi connectivity index (χ4v) is 1.02. The predicted octanol–water partition coefficient (Wildman–Crippen LogP) is 1.48. The molecule has 0 aromatic heterocycles. The summed E-state index contributed by atoms with van der Waals surface area (Å²) in [7, 11) is 0. The first-order valence-corrected chi connectivity index (χ1v) is 4.28. The van der Waals surface area contributed by atoms with E-state index in [4.69, 9.17) is 28.4 Å². The average Bonchev–Trinajstić information content (AvgIpc) is 2.21. The summed E-state index contributed by atoms with van der Waals surface area (Å²) in [6.45, 7) is 0. The molecule has 6 heteroatoms. The van der Waals surface area contributed by atoms with E-state index in [-0.39, 0.29) is 10.7 Å². The first-order chi connectivity index (χ1) is 7.04. The van der Waals surface area contributed by atoms with Gasteiger partial charge in [-0.3, -0.25) is 5.01 Å². The van der Waals surface area contributed by atoms with Crippen molar-refractivity contribution in [3.8, 4) is 6.07 Å². The standard InChI is InChI=1S/C9H8ClFN4/c10-8-2-1-7(3-9(8)11)15(14)5-6(13)4-12/h1-3,5H,13-14H2/b6-5-. The summed E-state index contributed by atoms with van der Waals surface area (Å²) in [5.41, 5.74) is 5.50. The van der Waals surface area contributed by atoms with Crippen molar-refractivity contribution in [2.24, 2.45) is 11.6 Å². The summed E-state index contributed by atoms with van der Waals surface area (Å²) >= 11 is 5.49. The number of benzene rings is 1. The molecule has 4 nitrogen and oxygen atoms in total. The van der Waals surface area contributed by atoms with Crippen molar-refractivity contribution in [3.63, 3.8) is 0 Å². The number of nitrogens with zero attached hydrogens (tertiary/aromatic N) is 2. The van der Waals surface area contributed by atoms with E-state index in [1.54, 1.807) is 6.07 Å². The Kier molecular flexibility index (Phi) is 3.50. The molecule has 0 unspecified atom stereocenters. The molecule has 15 heavy (non-hydrogen) atoms. The summed E-state index contributed by atoms with van der Waals surface area (Å²) in [5, 5.41) is 9.45. The highest BCUT2D eigenvalue weighted by Gasteiger charge is 2.04. The Hall–Kier alpha value is -1.77. The van der Waals surface area contributed by atoms with Crippen LogP contribution in [0.25, 0.3) is 0 Å². The molecule has 0 saturated carbocycles. The zero-order valence-electron chi connectivity index (χ0n) is 7.61. The number of allylic oxidation sites excluding steroid dienone is 1. The molecule has 0 spiro atoms. The van der Waals surface area contributed by atoms with Gasteiger partial charge in [0.05, 0.1) is 16.9 Å². The molecule has 0 bridgehead atoms. The zero-order valence-corrected chi connectivity index (χ0v) is 8.37. The summed E-state index contributed by atoms with van der Waals surface area (Å²) in [6, 6.07) is 5.70. The molecule has 0 aliphatic heterocycles. The Morgan fingerprint density at radius 2 is 2.27 bits per heavy atom. The number of hydrogen-bond donors (Lipinski definition) is 2. The summed E-state index contributed by atoms with van der Waals surface area (Å²) in [4.78, 5) is 0. The molecule has 0 saturated heterocycles. The molecule has 1 aromatic carbocycles. The van der Waals surface area contributed by atoms with Crippen LogP contribution < -0.4 is 16.6 Å². The average molecular weight is 227 g/mol. The maximum atomic E-state index is 13.0. The molecule has 0 aliphatic carbocycles. The fourth-order valence-electron chi connectivity index (χ4n) is 0.899. The summed E-state index contributed by atoms with van der Waals surface area (Å²) < 4.78 is 13.0. The maximum absolute atomic E-state index is 13.0. The van der Waals surface area contributed by atoms with Gasteiger partial charge in [-0.2, -0.15) is 5.26 Å².